The van der Waals surface area contributed by atoms with Crippen molar-refractivity contribution in [2.45, 2.75) is 18.8 Å². The second-order valence-corrected chi connectivity index (χ2v) is 3.07. The monoisotopic (exact) mass is 215 g/mol. The van der Waals surface area contributed by atoms with Crippen molar-refractivity contribution < 1.29 is 18.3 Å². The van der Waals surface area contributed by atoms with Crippen molar-refractivity contribution in [2.24, 2.45) is 5.73 Å². The molecular formula is C10H11F2NO2. The van der Waals surface area contributed by atoms with Crippen molar-refractivity contribution in [2.75, 3.05) is 0 Å². The van der Waals surface area contributed by atoms with Gasteiger partial charge in [-0.2, -0.15) is 8.78 Å². The molecule has 0 unspecified atom stereocenters. The smallest absolute Gasteiger partial charge is 0.409 e. The zero-order valence-corrected chi connectivity index (χ0v) is 8.00. The number of rotatable bonds is 3. The maximum absolute atomic E-state index is 13.1. The Morgan fingerprint density at radius 2 is 2.20 bits per heavy atom. The molecule has 0 aliphatic heterocycles. The Balaban J connectivity index is 2.76. The lowest BCUT2D eigenvalue weighted by Crippen LogP contribution is -2.19. The molecule has 0 saturated heterocycles. The molecule has 0 aromatic rings. The highest BCUT2D eigenvalue weighted by Gasteiger charge is 2.30. The van der Waals surface area contributed by atoms with E-state index in [4.69, 9.17) is 5.73 Å². The van der Waals surface area contributed by atoms with Crippen LogP contribution in [0, 0.1) is 0 Å². The molecule has 0 bridgehead atoms. The van der Waals surface area contributed by atoms with Crippen LogP contribution in [0.5, 0.6) is 0 Å². The van der Waals surface area contributed by atoms with Gasteiger partial charge >= 0.3 is 6.09 Å². The highest BCUT2D eigenvalue weighted by molar-refractivity contribution is 5.66. The number of hydrogen-bond acceptors (Lipinski definition) is 2. The number of ether oxygens (including phenoxy) is 1. The standard InChI is InChI=1S/C10H11F2NO2/c1-2-10(11,12)7-3-5-8(6-4-7)15-9(13)14/h2-3,5H,1,4,6H2,(H2,13,14). The minimum atomic E-state index is -3.01. The van der Waals surface area contributed by atoms with Crippen LogP contribution in [-0.2, 0) is 4.74 Å². The van der Waals surface area contributed by atoms with Crippen molar-refractivity contribution in [3.05, 3.63) is 36.1 Å². The summed E-state index contributed by atoms with van der Waals surface area (Å²) in [6.07, 6.45) is 2.56. The maximum Gasteiger partial charge on any atom is 0.409 e. The zero-order chi connectivity index (χ0) is 11.5. The van der Waals surface area contributed by atoms with E-state index in [9.17, 15) is 13.6 Å². The Morgan fingerprint density at radius 3 is 2.60 bits per heavy atom. The third kappa shape index (κ3) is 2.90. The number of allylic oxidation sites excluding steroid dienone is 5. The van der Waals surface area contributed by atoms with Crippen LogP contribution in [0.3, 0.4) is 0 Å². The molecule has 0 aromatic heterocycles. The third-order valence-electron chi connectivity index (χ3n) is 2.03. The van der Waals surface area contributed by atoms with Gasteiger partial charge in [0, 0.05) is 12.0 Å². The highest BCUT2D eigenvalue weighted by Crippen LogP contribution is 2.32. The second-order valence-electron chi connectivity index (χ2n) is 3.07. The van der Waals surface area contributed by atoms with Gasteiger partial charge in [0.15, 0.2) is 0 Å². The Bertz CT molecular complexity index is 345. The van der Waals surface area contributed by atoms with E-state index in [-0.39, 0.29) is 18.4 Å². The lowest BCUT2D eigenvalue weighted by molar-refractivity contribution is 0.0921. The van der Waals surface area contributed by atoms with E-state index in [0.29, 0.717) is 11.8 Å². The summed E-state index contributed by atoms with van der Waals surface area (Å²) in [6, 6.07) is 0. The first-order valence-corrected chi connectivity index (χ1v) is 4.34. The van der Waals surface area contributed by atoms with E-state index in [0.717, 1.165) is 0 Å². The van der Waals surface area contributed by atoms with Gasteiger partial charge in [-0.1, -0.05) is 12.7 Å². The van der Waals surface area contributed by atoms with Crippen LogP contribution in [0.25, 0.3) is 0 Å². The van der Waals surface area contributed by atoms with Gasteiger partial charge in [0.25, 0.3) is 5.92 Å². The number of alkyl halides is 2. The predicted octanol–water partition coefficient (Wildman–Crippen LogP) is 2.51. The summed E-state index contributed by atoms with van der Waals surface area (Å²) >= 11 is 0. The molecule has 1 rings (SSSR count). The van der Waals surface area contributed by atoms with Gasteiger partial charge in [0.1, 0.15) is 5.76 Å². The van der Waals surface area contributed by atoms with Gasteiger partial charge in [0.05, 0.1) is 0 Å². The summed E-state index contributed by atoms with van der Waals surface area (Å²) in [5.74, 6) is -2.71. The van der Waals surface area contributed by atoms with Crippen LogP contribution in [-0.4, -0.2) is 12.0 Å². The molecule has 0 spiro atoms. The molecule has 0 atom stereocenters. The van der Waals surface area contributed by atoms with Crippen molar-refractivity contribution >= 4 is 6.09 Å². The molecular weight excluding hydrogens is 204 g/mol. The van der Waals surface area contributed by atoms with Crippen LogP contribution >= 0.6 is 0 Å². The summed E-state index contributed by atoms with van der Waals surface area (Å²) in [5.41, 5.74) is 4.74. The summed E-state index contributed by atoms with van der Waals surface area (Å²) in [5, 5.41) is 0. The molecule has 1 aliphatic rings. The van der Waals surface area contributed by atoms with Crippen LogP contribution in [0.15, 0.2) is 36.1 Å². The van der Waals surface area contributed by atoms with Gasteiger partial charge < -0.3 is 10.5 Å². The Kier molecular flexibility index (Phi) is 3.24. The third-order valence-corrected chi connectivity index (χ3v) is 2.03. The van der Waals surface area contributed by atoms with Crippen LogP contribution in [0.4, 0.5) is 13.6 Å². The van der Waals surface area contributed by atoms with E-state index < -0.39 is 12.0 Å². The molecule has 15 heavy (non-hydrogen) atoms. The fourth-order valence-electron chi connectivity index (χ4n) is 1.24. The molecule has 5 heteroatoms. The average molecular weight is 215 g/mol. The van der Waals surface area contributed by atoms with Crippen molar-refractivity contribution in [1.82, 2.24) is 0 Å². The zero-order valence-electron chi connectivity index (χ0n) is 8.00. The predicted molar refractivity (Wildman–Crippen MR) is 51.2 cm³/mol. The van der Waals surface area contributed by atoms with E-state index >= 15 is 0 Å². The fraction of sp³-hybridized carbons (Fsp3) is 0.300. The first-order chi connectivity index (χ1) is 6.95. The normalized spacial score (nSPS) is 16.4. The van der Waals surface area contributed by atoms with Gasteiger partial charge in [-0.3, -0.25) is 0 Å². The lowest BCUT2D eigenvalue weighted by atomic mass is 9.98. The van der Waals surface area contributed by atoms with Crippen molar-refractivity contribution in [3.8, 4) is 0 Å². The topological polar surface area (TPSA) is 52.3 Å². The summed E-state index contributed by atoms with van der Waals surface area (Å²) in [7, 11) is 0. The minimum Gasteiger partial charge on any atom is -0.415 e. The molecule has 1 amide bonds. The first-order valence-electron chi connectivity index (χ1n) is 4.34. The molecule has 0 saturated carbocycles. The highest BCUT2D eigenvalue weighted by atomic mass is 19.3. The Hall–Kier alpha value is -1.65. The van der Waals surface area contributed by atoms with E-state index in [1.54, 1.807) is 0 Å². The largest absolute Gasteiger partial charge is 0.415 e. The lowest BCUT2D eigenvalue weighted by Gasteiger charge is -2.19. The molecule has 1 aliphatic carbocycles. The summed E-state index contributed by atoms with van der Waals surface area (Å²) in [6.45, 7) is 3.06. The summed E-state index contributed by atoms with van der Waals surface area (Å²) < 4.78 is 30.7. The Labute approximate surface area is 85.9 Å². The van der Waals surface area contributed by atoms with E-state index in [1.165, 1.54) is 12.2 Å². The molecule has 0 aromatic carbocycles. The number of carbonyl (C=O) groups excluding carboxylic acids is 1. The second kappa shape index (κ2) is 4.25. The maximum atomic E-state index is 13.1. The van der Waals surface area contributed by atoms with Crippen LogP contribution in [0.2, 0.25) is 0 Å². The van der Waals surface area contributed by atoms with Crippen LogP contribution in [0.1, 0.15) is 12.8 Å². The van der Waals surface area contributed by atoms with E-state index in [2.05, 4.69) is 11.3 Å². The number of amides is 1. The Morgan fingerprint density at radius 1 is 1.53 bits per heavy atom. The van der Waals surface area contributed by atoms with Gasteiger partial charge in [0.2, 0.25) is 0 Å². The molecule has 3 nitrogen and oxygen atoms in total. The van der Waals surface area contributed by atoms with E-state index in [1.807, 2.05) is 0 Å². The number of halogens is 2. The molecule has 0 heterocycles. The van der Waals surface area contributed by atoms with Crippen molar-refractivity contribution in [3.63, 3.8) is 0 Å². The average Bonchev–Trinajstić information content (AvgIpc) is 2.18. The van der Waals surface area contributed by atoms with Crippen LogP contribution < -0.4 is 5.73 Å². The number of primary amides is 1. The first kappa shape index (κ1) is 11.4. The van der Waals surface area contributed by atoms with Gasteiger partial charge in [-0.25, -0.2) is 4.79 Å². The number of nitrogens with two attached hydrogens (primary N) is 1. The summed E-state index contributed by atoms with van der Waals surface area (Å²) in [4.78, 5) is 10.4. The van der Waals surface area contributed by atoms with Gasteiger partial charge in [-0.15, -0.1) is 0 Å². The number of hydrogen-bond donors (Lipinski definition) is 1. The fourth-order valence-corrected chi connectivity index (χ4v) is 1.24. The molecule has 2 N–H and O–H groups in total. The van der Waals surface area contributed by atoms with Gasteiger partial charge in [-0.05, 0) is 18.6 Å². The molecule has 0 fully saturated rings. The van der Waals surface area contributed by atoms with Crippen molar-refractivity contribution in [1.29, 1.82) is 0 Å². The molecule has 82 valence electrons. The number of carbonyl (C=O) groups is 1. The molecule has 0 radical (unpaired) electrons. The quantitative estimate of drug-likeness (QED) is 0.735. The SMILES string of the molecule is C=CC(F)(F)C1=CC=C(OC(N)=O)CC1. The minimum absolute atomic E-state index is 0.0469.